The van der Waals surface area contributed by atoms with E-state index in [9.17, 15) is 27.6 Å². The minimum absolute atomic E-state index is 0.0475. The molecule has 0 saturated heterocycles. The van der Waals surface area contributed by atoms with Crippen LogP contribution in [0.15, 0.2) is 0 Å². The molecule has 0 aliphatic rings. The Hall–Kier alpha value is -1.84. The van der Waals surface area contributed by atoms with Gasteiger partial charge < -0.3 is 10.4 Å². The zero-order valence-electron chi connectivity index (χ0n) is 11.0. The number of halogens is 3. The van der Waals surface area contributed by atoms with Crippen molar-refractivity contribution in [3.8, 4) is 0 Å². The molecule has 0 fully saturated rings. The molecule has 3 N–H and O–H groups in total. The predicted molar refractivity (Wildman–Crippen MR) is 61.9 cm³/mol. The third-order valence-corrected chi connectivity index (χ3v) is 2.41. The average molecular weight is 299 g/mol. The predicted octanol–water partition coefficient (Wildman–Crippen LogP) is 0.169. The van der Waals surface area contributed by atoms with E-state index in [0.717, 1.165) is 0 Å². The van der Waals surface area contributed by atoms with Crippen LogP contribution in [0, 0.1) is 0 Å². The molecule has 0 radical (unpaired) electrons. The highest BCUT2D eigenvalue weighted by molar-refractivity contribution is 5.94. The number of carboxylic acids is 1. The zero-order valence-corrected chi connectivity index (χ0v) is 11.0. The zero-order chi connectivity index (χ0) is 15.9. The van der Waals surface area contributed by atoms with Gasteiger partial charge >= 0.3 is 18.2 Å². The van der Waals surface area contributed by atoms with Gasteiger partial charge in [0, 0.05) is 13.0 Å². The summed E-state index contributed by atoms with van der Waals surface area (Å²) in [6.07, 6.45) is -4.77. The molecule has 20 heavy (non-hydrogen) atoms. The topological polar surface area (TPSA) is 98.7 Å². The maximum absolute atomic E-state index is 11.8. The molecule has 0 aliphatic heterocycles. The molecule has 0 aromatic heterocycles. The van der Waals surface area contributed by atoms with E-state index in [0.29, 0.717) is 0 Å². The van der Waals surface area contributed by atoms with Crippen molar-refractivity contribution in [3.05, 3.63) is 0 Å². The van der Waals surface area contributed by atoms with Crippen molar-refractivity contribution in [2.45, 2.75) is 25.6 Å². The lowest BCUT2D eigenvalue weighted by atomic mass is 10.3. The number of urea groups is 1. The SMILES string of the molecule is CC(C(=O)O)N(C)CCC(=O)NC(=O)NCC(F)(F)F. The summed E-state index contributed by atoms with van der Waals surface area (Å²) < 4.78 is 35.3. The number of imide groups is 1. The number of rotatable bonds is 6. The molecule has 0 bridgehead atoms. The summed E-state index contributed by atoms with van der Waals surface area (Å²) >= 11 is 0. The van der Waals surface area contributed by atoms with Crippen LogP contribution in [0.4, 0.5) is 18.0 Å². The summed E-state index contributed by atoms with van der Waals surface area (Å²) in [5, 5.41) is 11.9. The van der Waals surface area contributed by atoms with Gasteiger partial charge in [-0.15, -0.1) is 0 Å². The van der Waals surface area contributed by atoms with E-state index in [4.69, 9.17) is 5.11 Å². The van der Waals surface area contributed by atoms with E-state index in [1.165, 1.54) is 24.2 Å². The van der Waals surface area contributed by atoms with Crippen LogP contribution in [-0.2, 0) is 9.59 Å². The molecule has 0 aromatic carbocycles. The Labute approximate surface area is 113 Å². The van der Waals surface area contributed by atoms with Crippen molar-refractivity contribution in [1.82, 2.24) is 15.5 Å². The smallest absolute Gasteiger partial charge is 0.405 e. The van der Waals surface area contributed by atoms with E-state index in [1.54, 1.807) is 5.32 Å². The number of carbonyl (C=O) groups excluding carboxylic acids is 2. The molecule has 10 heteroatoms. The number of nitrogens with zero attached hydrogens (tertiary/aromatic N) is 1. The third kappa shape index (κ3) is 8.29. The van der Waals surface area contributed by atoms with Gasteiger partial charge in [0.05, 0.1) is 0 Å². The second kappa shape index (κ2) is 7.68. The molecule has 1 unspecified atom stereocenters. The molecule has 0 aliphatic carbocycles. The molecule has 0 saturated carbocycles. The molecule has 3 amide bonds. The van der Waals surface area contributed by atoms with Crippen molar-refractivity contribution in [2.75, 3.05) is 20.1 Å². The standard InChI is InChI=1S/C10H16F3N3O4/c1-6(8(18)19)16(2)4-3-7(17)15-9(20)14-5-10(11,12)13/h6H,3-5H2,1-2H3,(H,18,19)(H2,14,15,17,20). The Bertz CT molecular complexity index is 373. The fraction of sp³-hybridized carbons (Fsp3) is 0.700. The number of hydrogen-bond acceptors (Lipinski definition) is 4. The number of hydrogen-bond donors (Lipinski definition) is 3. The van der Waals surface area contributed by atoms with E-state index >= 15 is 0 Å². The Balaban J connectivity index is 4.00. The number of aliphatic carboxylic acids is 1. The molecular formula is C10H16F3N3O4. The molecule has 0 rings (SSSR count). The van der Waals surface area contributed by atoms with E-state index in [2.05, 4.69) is 0 Å². The van der Waals surface area contributed by atoms with Gasteiger partial charge in [0.1, 0.15) is 12.6 Å². The molecule has 0 aromatic rings. The fourth-order valence-electron chi connectivity index (χ4n) is 1.07. The lowest BCUT2D eigenvalue weighted by molar-refractivity contribution is -0.142. The third-order valence-electron chi connectivity index (χ3n) is 2.41. The van der Waals surface area contributed by atoms with Gasteiger partial charge in [0.2, 0.25) is 5.91 Å². The summed E-state index contributed by atoms with van der Waals surface area (Å²) in [6.45, 7) is -0.0792. The fourth-order valence-corrected chi connectivity index (χ4v) is 1.07. The highest BCUT2D eigenvalue weighted by Crippen LogP contribution is 2.11. The largest absolute Gasteiger partial charge is 0.480 e. The van der Waals surface area contributed by atoms with Crippen LogP contribution in [0.3, 0.4) is 0 Å². The Morgan fingerprint density at radius 1 is 1.30 bits per heavy atom. The highest BCUT2D eigenvalue weighted by atomic mass is 19.4. The van der Waals surface area contributed by atoms with Crippen molar-refractivity contribution in [1.29, 1.82) is 0 Å². The van der Waals surface area contributed by atoms with Crippen LogP contribution in [0.2, 0.25) is 0 Å². The Kier molecular flexibility index (Phi) is 6.97. The Morgan fingerprint density at radius 3 is 2.30 bits per heavy atom. The highest BCUT2D eigenvalue weighted by Gasteiger charge is 2.28. The monoisotopic (exact) mass is 299 g/mol. The van der Waals surface area contributed by atoms with Crippen molar-refractivity contribution in [3.63, 3.8) is 0 Å². The van der Waals surface area contributed by atoms with Crippen molar-refractivity contribution in [2.24, 2.45) is 0 Å². The van der Waals surface area contributed by atoms with Crippen LogP contribution in [-0.4, -0.2) is 60.3 Å². The molecule has 1 atom stereocenters. The second-order valence-electron chi connectivity index (χ2n) is 4.09. The molecule has 7 nitrogen and oxygen atoms in total. The van der Waals surface area contributed by atoms with Crippen molar-refractivity contribution < 1.29 is 32.7 Å². The van der Waals surface area contributed by atoms with Gasteiger partial charge in [-0.05, 0) is 14.0 Å². The van der Waals surface area contributed by atoms with Gasteiger partial charge in [-0.1, -0.05) is 0 Å². The van der Waals surface area contributed by atoms with Gasteiger partial charge in [-0.25, -0.2) is 4.79 Å². The van der Waals surface area contributed by atoms with Gasteiger partial charge in [-0.2, -0.15) is 13.2 Å². The first-order valence-electron chi connectivity index (χ1n) is 5.60. The van der Waals surface area contributed by atoms with Crippen LogP contribution < -0.4 is 10.6 Å². The first-order chi connectivity index (χ1) is 9.03. The molecule has 116 valence electrons. The van der Waals surface area contributed by atoms with Crippen molar-refractivity contribution >= 4 is 17.9 Å². The summed E-state index contributed by atoms with van der Waals surface area (Å²) in [5.41, 5.74) is 0. The maximum Gasteiger partial charge on any atom is 0.405 e. The number of likely N-dealkylation sites (N-methyl/N-ethyl adjacent to an activating group) is 1. The molecule has 0 spiro atoms. The number of carboxylic acid groups (broad SMARTS) is 1. The lowest BCUT2D eigenvalue weighted by Crippen LogP contribution is -2.44. The van der Waals surface area contributed by atoms with Gasteiger partial charge in [0.15, 0.2) is 0 Å². The van der Waals surface area contributed by atoms with Gasteiger partial charge in [0.25, 0.3) is 0 Å². The first-order valence-corrected chi connectivity index (χ1v) is 5.60. The number of carbonyl (C=O) groups is 3. The minimum Gasteiger partial charge on any atom is -0.480 e. The minimum atomic E-state index is -4.56. The second-order valence-corrected chi connectivity index (χ2v) is 4.09. The maximum atomic E-state index is 11.8. The van der Waals surface area contributed by atoms with Crippen LogP contribution in [0.5, 0.6) is 0 Å². The van der Waals surface area contributed by atoms with E-state index < -0.39 is 36.7 Å². The Morgan fingerprint density at radius 2 is 1.85 bits per heavy atom. The summed E-state index contributed by atoms with van der Waals surface area (Å²) in [6, 6.07) is -2.07. The lowest BCUT2D eigenvalue weighted by Gasteiger charge is -2.20. The van der Waals surface area contributed by atoms with Crippen LogP contribution in [0.1, 0.15) is 13.3 Å². The number of nitrogens with one attached hydrogen (secondary N) is 2. The summed E-state index contributed by atoms with van der Waals surface area (Å²) in [4.78, 5) is 34.2. The molecular weight excluding hydrogens is 283 g/mol. The van der Waals surface area contributed by atoms with Gasteiger partial charge in [-0.3, -0.25) is 19.8 Å². The average Bonchev–Trinajstić information content (AvgIpc) is 2.31. The van der Waals surface area contributed by atoms with Crippen LogP contribution >= 0.6 is 0 Å². The first kappa shape index (κ1) is 18.2. The van der Waals surface area contributed by atoms with Crippen LogP contribution in [0.25, 0.3) is 0 Å². The van der Waals surface area contributed by atoms with E-state index in [1.807, 2.05) is 0 Å². The summed E-state index contributed by atoms with van der Waals surface area (Å²) in [7, 11) is 1.47. The summed E-state index contributed by atoms with van der Waals surface area (Å²) in [5.74, 6) is -1.87. The van der Waals surface area contributed by atoms with E-state index in [-0.39, 0.29) is 13.0 Å². The normalized spacial score (nSPS) is 12.9. The number of alkyl halides is 3. The quantitative estimate of drug-likeness (QED) is 0.649. The number of amides is 3. The molecule has 0 heterocycles.